The molecule has 0 bridgehead atoms. The van der Waals surface area contributed by atoms with E-state index in [1.54, 1.807) is 12.2 Å². The zero-order valence-electron chi connectivity index (χ0n) is 29.1. The van der Waals surface area contributed by atoms with Gasteiger partial charge in [-0.1, -0.05) is 68.4 Å². The summed E-state index contributed by atoms with van der Waals surface area (Å²) in [5, 5.41) is 25.4. The van der Waals surface area contributed by atoms with Crippen LogP contribution in [0.1, 0.15) is 58.1 Å². The molecule has 4 aromatic carbocycles. The van der Waals surface area contributed by atoms with Crippen molar-refractivity contribution in [2.24, 2.45) is 0 Å². The number of carbonyl (C=O) groups is 2. The summed E-state index contributed by atoms with van der Waals surface area (Å²) in [5.74, 6) is -1.71. The van der Waals surface area contributed by atoms with Crippen molar-refractivity contribution >= 4 is 60.5 Å². The first-order chi connectivity index (χ1) is 24.1. The number of carbonyl (C=O) groups excluding carboxylic acids is 1. The first-order valence-electron chi connectivity index (χ1n) is 17.2. The lowest BCUT2D eigenvalue weighted by Crippen LogP contribution is -2.32. The molecule has 4 aromatic rings. The summed E-state index contributed by atoms with van der Waals surface area (Å²) >= 11 is 0. The molecule has 0 aromatic heterocycles. The lowest BCUT2D eigenvalue weighted by atomic mass is 9.76. The number of unbranched alkanes of at least 4 members (excludes halogenated alkanes) is 1. The molecular formula is C41H41N2O7S+. The third-order valence-corrected chi connectivity index (χ3v) is 11.5. The van der Waals surface area contributed by atoms with Crippen LogP contribution in [0.5, 0.6) is 0 Å². The van der Waals surface area contributed by atoms with Crippen LogP contribution in [0.4, 0.5) is 11.4 Å². The number of carboxylic acids is 1. The van der Waals surface area contributed by atoms with E-state index in [1.165, 1.54) is 0 Å². The van der Waals surface area contributed by atoms with E-state index in [9.17, 15) is 32.8 Å². The van der Waals surface area contributed by atoms with Crippen LogP contribution < -0.4 is 4.90 Å². The Balaban J connectivity index is 1.32. The molecule has 2 heterocycles. The average Bonchev–Trinajstić information content (AvgIpc) is 3.44. The molecule has 10 heteroatoms. The Kier molecular flexibility index (Phi) is 8.30. The van der Waals surface area contributed by atoms with Crippen molar-refractivity contribution in [1.82, 2.24) is 0 Å². The van der Waals surface area contributed by atoms with E-state index in [-0.39, 0.29) is 47.8 Å². The van der Waals surface area contributed by atoms with Crippen molar-refractivity contribution < 1.29 is 37.3 Å². The molecule has 0 radical (unpaired) electrons. The van der Waals surface area contributed by atoms with Crippen LogP contribution in [-0.4, -0.2) is 64.1 Å². The van der Waals surface area contributed by atoms with E-state index in [1.807, 2.05) is 65.6 Å². The summed E-state index contributed by atoms with van der Waals surface area (Å²) in [6.45, 7) is 8.92. The number of carboxylic acid groups (broad SMARTS) is 1. The van der Waals surface area contributed by atoms with Crippen LogP contribution in [0.15, 0.2) is 108 Å². The van der Waals surface area contributed by atoms with Crippen molar-refractivity contribution in [3.8, 4) is 0 Å². The number of nitrogens with zero attached hydrogens (tertiary/aromatic N) is 2. The smallest absolute Gasteiger partial charge is 0.305 e. The number of benzene rings is 4. The van der Waals surface area contributed by atoms with Gasteiger partial charge >= 0.3 is 5.97 Å². The molecule has 51 heavy (non-hydrogen) atoms. The van der Waals surface area contributed by atoms with E-state index in [0.29, 0.717) is 13.0 Å². The van der Waals surface area contributed by atoms with Gasteiger partial charge in [0.05, 0.1) is 28.7 Å². The van der Waals surface area contributed by atoms with E-state index < -0.39 is 26.9 Å². The number of aliphatic hydroxyl groups excluding tert-OH is 1. The number of fused-ring (bicyclic) bond motifs is 6. The zero-order valence-corrected chi connectivity index (χ0v) is 29.9. The monoisotopic (exact) mass is 705 g/mol. The van der Waals surface area contributed by atoms with Crippen molar-refractivity contribution in [3.05, 3.63) is 119 Å². The molecule has 2 aliphatic heterocycles. The summed E-state index contributed by atoms with van der Waals surface area (Å²) < 4.78 is 34.3. The first-order valence-corrected chi connectivity index (χ1v) is 18.8. The third-order valence-electron chi connectivity index (χ3n) is 10.7. The molecular weight excluding hydrogens is 665 g/mol. The summed E-state index contributed by atoms with van der Waals surface area (Å²) in [6, 6.07) is 24.2. The number of hydrogen-bond donors (Lipinski definition) is 3. The van der Waals surface area contributed by atoms with Gasteiger partial charge in [-0.15, -0.1) is 0 Å². The van der Waals surface area contributed by atoms with E-state index in [0.717, 1.165) is 55.5 Å². The van der Waals surface area contributed by atoms with E-state index >= 15 is 0 Å². The van der Waals surface area contributed by atoms with Gasteiger partial charge in [0.2, 0.25) is 11.5 Å². The van der Waals surface area contributed by atoms with Crippen LogP contribution in [-0.2, 0) is 30.5 Å². The minimum Gasteiger partial charge on any atom is -0.506 e. The van der Waals surface area contributed by atoms with Gasteiger partial charge in [0, 0.05) is 47.5 Å². The fourth-order valence-electron chi connectivity index (χ4n) is 8.22. The summed E-state index contributed by atoms with van der Waals surface area (Å²) in [7, 11) is -4.10. The SMILES string of the molecule is CC1(C)C(=CC2=C(O)C(=CC3=[N+](CCCCS(=O)(=O)O)c4ccc5ccccc5c4C3(C)C)C2=O)N(CCC(=O)O)c2ccc3ccccc3c21. The lowest BCUT2D eigenvalue weighted by Gasteiger charge is -2.29. The number of allylic oxidation sites excluding steroid dienone is 5. The highest BCUT2D eigenvalue weighted by Gasteiger charge is 2.48. The first kappa shape index (κ1) is 34.4. The van der Waals surface area contributed by atoms with Crippen LogP contribution in [0, 0.1) is 0 Å². The maximum Gasteiger partial charge on any atom is 0.305 e. The quantitative estimate of drug-likeness (QED) is 0.0668. The van der Waals surface area contributed by atoms with Crippen LogP contribution in [0.25, 0.3) is 21.5 Å². The average molecular weight is 706 g/mol. The number of hydrogen-bond acceptors (Lipinski definition) is 6. The zero-order chi connectivity index (χ0) is 36.5. The largest absolute Gasteiger partial charge is 0.506 e. The van der Waals surface area contributed by atoms with Gasteiger partial charge in [-0.25, -0.2) is 0 Å². The predicted octanol–water partition coefficient (Wildman–Crippen LogP) is 7.51. The Morgan fingerprint density at radius 3 is 2.10 bits per heavy atom. The Labute approximate surface area is 297 Å². The molecule has 0 saturated carbocycles. The molecule has 0 spiro atoms. The number of aliphatic hydroxyl groups is 1. The fourth-order valence-corrected chi connectivity index (χ4v) is 8.79. The Morgan fingerprint density at radius 1 is 0.843 bits per heavy atom. The second-order valence-electron chi connectivity index (χ2n) is 14.6. The molecule has 7 rings (SSSR count). The van der Waals surface area contributed by atoms with Gasteiger partial charge in [0.15, 0.2) is 5.71 Å². The molecule has 0 fully saturated rings. The summed E-state index contributed by atoms with van der Waals surface area (Å²) in [4.78, 5) is 27.7. The highest BCUT2D eigenvalue weighted by atomic mass is 32.2. The van der Waals surface area contributed by atoms with Crippen molar-refractivity contribution in [1.29, 1.82) is 0 Å². The third kappa shape index (κ3) is 5.76. The Morgan fingerprint density at radius 2 is 1.47 bits per heavy atom. The molecule has 0 saturated heterocycles. The maximum atomic E-state index is 14.0. The van der Waals surface area contributed by atoms with Gasteiger partial charge in [0.25, 0.3) is 10.1 Å². The van der Waals surface area contributed by atoms with Crippen LogP contribution in [0.3, 0.4) is 0 Å². The van der Waals surface area contributed by atoms with Gasteiger partial charge in [-0.05, 0) is 65.6 Å². The number of Topliss-reactive ketones (excluding diaryl/α,β-unsaturated/α-hetero) is 1. The van der Waals surface area contributed by atoms with Gasteiger partial charge in [-0.2, -0.15) is 13.0 Å². The normalized spacial score (nSPS) is 19.4. The van der Waals surface area contributed by atoms with Crippen LogP contribution in [0.2, 0.25) is 0 Å². The molecule has 1 aliphatic carbocycles. The van der Waals surface area contributed by atoms with Gasteiger partial charge in [-0.3, -0.25) is 14.1 Å². The topological polar surface area (TPSA) is 135 Å². The highest BCUT2D eigenvalue weighted by Crippen LogP contribution is 2.52. The lowest BCUT2D eigenvalue weighted by molar-refractivity contribution is -0.438. The standard InChI is InChI=1S/C41H40N2O7S/c1-40(2)33(42(20-9-10-22-51(48,49)50)31-17-15-25-11-5-7-13-27(25)36(31)40)23-29-38(46)30(39(29)47)24-34-41(3,4)37-28-14-8-6-12-26(28)16-18-32(37)43(34)21-19-35(44)45/h5-8,11-18,23-24H,9-10,19-22H2,1-4H3,(H2-,44,45,46,47,48,49,50)/p+1. The Hall–Kier alpha value is -5.06. The second kappa shape index (κ2) is 12.3. The number of anilines is 1. The molecule has 3 aliphatic rings. The predicted molar refractivity (Wildman–Crippen MR) is 200 cm³/mol. The van der Waals surface area contributed by atoms with Crippen molar-refractivity contribution in [2.75, 3.05) is 23.7 Å². The van der Waals surface area contributed by atoms with Gasteiger partial charge in [0.1, 0.15) is 12.3 Å². The molecule has 0 amide bonds. The van der Waals surface area contributed by atoms with E-state index in [4.69, 9.17) is 0 Å². The minimum atomic E-state index is -4.10. The minimum absolute atomic E-state index is 0.105. The molecule has 0 unspecified atom stereocenters. The maximum absolute atomic E-state index is 14.0. The molecule has 9 nitrogen and oxygen atoms in total. The Bertz CT molecular complexity index is 2410. The van der Waals surface area contributed by atoms with Crippen molar-refractivity contribution in [2.45, 2.75) is 57.8 Å². The molecule has 3 N–H and O–H groups in total. The fraction of sp³-hybridized carbons (Fsp3) is 0.293. The summed E-state index contributed by atoms with van der Waals surface area (Å²) in [5.41, 5.74) is 4.64. The number of ketones is 1. The van der Waals surface area contributed by atoms with Crippen molar-refractivity contribution in [3.63, 3.8) is 0 Å². The second-order valence-corrected chi connectivity index (χ2v) is 16.2. The van der Waals surface area contributed by atoms with E-state index in [2.05, 4.69) is 44.4 Å². The van der Waals surface area contributed by atoms with Crippen LogP contribution >= 0.6 is 0 Å². The summed E-state index contributed by atoms with van der Waals surface area (Å²) in [6.07, 6.45) is 4.09. The number of rotatable bonds is 10. The molecule has 262 valence electrons. The highest BCUT2D eigenvalue weighted by molar-refractivity contribution is 7.85. The number of aliphatic carboxylic acids is 1. The van der Waals surface area contributed by atoms with Gasteiger partial charge < -0.3 is 15.1 Å². The molecule has 0 atom stereocenters.